The average Bonchev–Trinajstić information content (AvgIpc) is 3.08. The third-order valence-electron chi connectivity index (χ3n) is 11.2. The minimum Gasteiger partial charge on any atom is -0.299 e. The first-order valence-corrected chi connectivity index (χ1v) is 12.7. The fourth-order valence-electron chi connectivity index (χ4n) is 9.32. The molecular weight excluding hydrogens is 340 g/mol. The molecule has 0 amide bonds. The first-order valence-electron chi connectivity index (χ1n) is 12.7. The molecule has 4 rings (SSSR count). The second-order valence-electron chi connectivity index (χ2n) is 12.6. The van der Waals surface area contributed by atoms with Crippen LogP contribution in [0.25, 0.3) is 0 Å². The fourth-order valence-corrected chi connectivity index (χ4v) is 9.32. The van der Waals surface area contributed by atoms with E-state index >= 15 is 0 Å². The molecule has 0 aromatic carbocycles. The molecule has 0 aromatic rings. The molecular formula is C27H46O. The van der Waals surface area contributed by atoms with Crippen molar-refractivity contribution in [1.29, 1.82) is 0 Å². The van der Waals surface area contributed by atoms with Gasteiger partial charge in [-0.3, -0.25) is 4.79 Å². The summed E-state index contributed by atoms with van der Waals surface area (Å²) >= 11 is 0. The maximum absolute atomic E-state index is 12.5. The molecule has 1 heteroatoms. The van der Waals surface area contributed by atoms with Crippen LogP contribution in [0, 0.1) is 51.8 Å². The molecule has 0 N–H and O–H groups in total. The Balaban J connectivity index is 1.54. The molecule has 160 valence electrons. The molecule has 0 aliphatic heterocycles. The van der Waals surface area contributed by atoms with Gasteiger partial charge in [0.15, 0.2) is 0 Å². The van der Waals surface area contributed by atoms with Crippen molar-refractivity contribution in [2.24, 2.45) is 51.8 Å². The van der Waals surface area contributed by atoms with Crippen LogP contribution < -0.4 is 0 Å². The molecule has 0 radical (unpaired) electrons. The molecule has 0 heterocycles. The van der Waals surface area contributed by atoms with E-state index < -0.39 is 0 Å². The van der Waals surface area contributed by atoms with Gasteiger partial charge in [-0.2, -0.15) is 0 Å². The first kappa shape index (κ1) is 20.9. The zero-order valence-corrected chi connectivity index (χ0v) is 19.7. The van der Waals surface area contributed by atoms with Crippen molar-refractivity contribution in [2.75, 3.05) is 0 Å². The van der Waals surface area contributed by atoms with Crippen LogP contribution in [0.15, 0.2) is 0 Å². The SMILES string of the molecule is CC(C)CCC[C@@H](C)C1CC[C@@]2(C)[C@@H]3CC[C@@H]4C(=O)CC[C@]4(C)[C@H]3CC[C@]12C. The number of fused-ring (bicyclic) bond motifs is 5. The van der Waals surface area contributed by atoms with E-state index in [-0.39, 0.29) is 0 Å². The Morgan fingerprint density at radius 1 is 0.857 bits per heavy atom. The Labute approximate surface area is 174 Å². The quantitative estimate of drug-likeness (QED) is 0.473. The van der Waals surface area contributed by atoms with Gasteiger partial charge in [0.05, 0.1) is 0 Å². The van der Waals surface area contributed by atoms with Crippen molar-refractivity contribution >= 4 is 5.78 Å². The molecule has 0 bridgehead atoms. The predicted octanol–water partition coefficient (Wildman–Crippen LogP) is 7.68. The summed E-state index contributed by atoms with van der Waals surface area (Å²) in [6.07, 6.45) is 14.5. The van der Waals surface area contributed by atoms with Crippen LogP contribution in [-0.2, 0) is 4.79 Å². The highest BCUT2D eigenvalue weighted by Gasteiger charge is 2.66. The number of hydrogen-bond donors (Lipinski definition) is 0. The fraction of sp³-hybridized carbons (Fsp3) is 0.963. The molecule has 1 nitrogen and oxygen atoms in total. The summed E-state index contributed by atoms with van der Waals surface area (Å²) in [7, 11) is 0. The van der Waals surface area contributed by atoms with Crippen molar-refractivity contribution in [2.45, 2.75) is 112 Å². The lowest BCUT2D eigenvalue weighted by atomic mass is 9.42. The highest BCUT2D eigenvalue weighted by Crippen LogP contribution is 2.73. The summed E-state index contributed by atoms with van der Waals surface area (Å²) < 4.78 is 0. The summed E-state index contributed by atoms with van der Waals surface area (Å²) in [6, 6.07) is 0. The number of hydrogen-bond acceptors (Lipinski definition) is 1. The van der Waals surface area contributed by atoms with Crippen LogP contribution in [0.1, 0.15) is 112 Å². The van der Waals surface area contributed by atoms with Crippen LogP contribution in [0.5, 0.6) is 0 Å². The van der Waals surface area contributed by atoms with Crippen LogP contribution in [0.3, 0.4) is 0 Å². The van der Waals surface area contributed by atoms with E-state index in [9.17, 15) is 4.79 Å². The standard InChI is InChI=1S/C27H46O/c1-18(2)8-7-9-19(3)20-12-16-27(6)22-10-11-23-24(28)14-15-25(23,4)21(22)13-17-26(20,27)5/h18-23H,7-17H2,1-6H3/t19-,20?,21+,22-,23-,25-,26-,27+/m1/s1. The number of Topliss-reactive ketones (excluding diaryl/α,β-unsaturated/α-hetero) is 1. The first-order chi connectivity index (χ1) is 13.1. The number of carbonyl (C=O) groups is 1. The summed E-state index contributed by atoms with van der Waals surface area (Å²) in [5, 5.41) is 0. The van der Waals surface area contributed by atoms with E-state index in [0.717, 1.165) is 36.0 Å². The van der Waals surface area contributed by atoms with E-state index in [0.29, 0.717) is 27.9 Å². The van der Waals surface area contributed by atoms with Gasteiger partial charge in [-0.15, -0.1) is 0 Å². The van der Waals surface area contributed by atoms with Gasteiger partial charge in [0, 0.05) is 12.3 Å². The maximum atomic E-state index is 12.5. The highest BCUT2D eigenvalue weighted by molar-refractivity contribution is 5.84. The lowest BCUT2D eigenvalue weighted by Gasteiger charge is -2.62. The summed E-state index contributed by atoms with van der Waals surface area (Å²) in [5.41, 5.74) is 1.36. The topological polar surface area (TPSA) is 17.1 Å². The molecule has 0 saturated heterocycles. The van der Waals surface area contributed by atoms with Gasteiger partial charge in [0.25, 0.3) is 0 Å². The van der Waals surface area contributed by atoms with E-state index in [4.69, 9.17) is 0 Å². The van der Waals surface area contributed by atoms with Crippen molar-refractivity contribution in [3.05, 3.63) is 0 Å². The zero-order chi connectivity index (χ0) is 20.3. The van der Waals surface area contributed by atoms with Crippen LogP contribution in [0.2, 0.25) is 0 Å². The van der Waals surface area contributed by atoms with Gasteiger partial charge in [-0.1, -0.05) is 60.8 Å². The third kappa shape index (κ3) is 2.88. The Kier molecular flexibility index (Phi) is 5.32. The smallest absolute Gasteiger partial charge is 0.136 e. The van der Waals surface area contributed by atoms with Gasteiger partial charge in [0.2, 0.25) is 0 Å². The van der Waals surface area contributed by atoms with Crippen molar-refractivity contribution in [3.8, 4) is 0 Å². The monoisotopic (exact) mass is 386 g/mol. The second kappa shape index (κ2) is 7.12. The number of ketones is 1. The minimum absolute atomic E-state index is 0.325. The molecule has 28 heavy (non-hydrogen) atoms. The Morgan fingerprint density at radius 3 is 2.29 bits per heavy atom. The molecule has 4 aliphatic rings. The molecule has 8 atom stereocenters. The minimum atomic E-state index is 0.325. The van der Waals surface area contributed by atoms with Crippen LogP contribution >= 0.6 is 0 Å². The summed E-state index contributed by atoms with van der Waals surface area (Å²) in [4.78, 5) is 12.5. The Bertz CT molecular complexity index is 607. The molecule has 0 spiro atoms. The van der Waals surface area contributed by atoms with Crippen molar-refractivity contribution < 1.29 is 4.79 Å². The second-order valence-corrected chi connectivity index (χ2v) is 12.6. The zero-order valence-electron chi connectivity index (χ0n) is 19.7. The largest absolute Gasteiger partial charge is 0.299 e. The average molecular weight is 387 g/mol. The van der Waals surface area contributed by atoms with E-state index in [2.05, 4.69) is 41.5 Å². The summed E-state index contributed by atoms with van der Waals surface area (Å²) in [5.74, 6) is 5.31. The molecule has 4 saturated carbocycles. The molecule has 1 unspecified atom stereocenters. The van der Waals surface area contributed by atoms with E-state index in [1.807, 2.05) is 0 Å². The van der Waals surface area contributed by atoms with Crippen molar-refractivity contribution in [1.82, 2.24) is 0 Å². The normalized spacial score (nSPS) is 49.0. The van der Waals surface area contributed by atoms with Crippen LogP contribution in [-0.4, -0.2) is 5.78 Å². The lowest BCUT2D eigenvalue weighted by molar-refractivity contribution is -0.149. The Hall–Kier alpha value is -0.330. The van der Waals surface area contributed by atoms with Crippen LogP contribution in [0.4, 0.5) is 0 Å². The van der Waals surface area contributed by atoms with Gasteiger partial charge < -0.3 is 0 Å². The van der Waals surface area contributed by atoms with Gasteiger partial charge in [0.1, 0.15) is 5.78 Å². The molecule has 0 aromatic heterocycles. The summed E-state index contributed by atoms with van der Waals surface area (Å²) in [6.45, 7) is 15.2. The maximum Gasteiger partial charge on any atom is 0.136 e. The molecule has 4 fully saturated rings. The number of carbonyl (C=O) groups excluding carboxylic acids is 1. The van der Waals surface area contributed by atoms with Gasteiger partial charge >= 0.3 is 0 Å². The Morgan fingerprint density at radius 2 is 1.57 bits per heavy atom. The van der Waals surface area contributed by atoms with Crippen molar-refractivity contribution in [3.63, 3.8) is 0 Å². The van der Waals surface area contributed by atoms with Gasteiger partial charge in [-0.05, 0) is 90.8 Å². The predicted molar refractivity (Wildman–Crippen MR) is 118 cm³/mol. The number of rotatable bonds is 5. The van der Waals surface area contributed by atoms with Gasteiger partial charge in [-0.25, -0.2) is 0 Å². The lowest BCUT2D eigenvalue weighted by Crippen LogP contribution is -2.56. The van der Waals surface area contributed by atoms with E-state index in [1.165, 1.54) is 64.2 Å². The molecule has 4 aliphatic carbocycles. The van der Waals surface area contributed by atoms with E-state index in [1.54, 1.807) is 0 Å². The highest BCUT2D eigenvalue weighted by atomic mass is 16.1. The third-order valence-corrected chi connectivity index (χ3v) is 11.2.